The molecule has 0 bridgehead atoms. The summed E-state index contributed by atoms with van der Waals surface area (Å²) >= 11 is 0. The number of alkyl carbamates (subject to hydrolysis) is 2. The van der Waals surface area contributed by atoms with Gasteiger partial charge in [-0.25, -0.2) is 19.6 Å². The molecular formula is C44H54N10O6. The number of imidazole rings is 2. The normalized spacial score (nSPS) is 17.6. The third-order valence-electron chi connectivity index (χ3n) is 11.6. The van der Waals surface area contributed by atoms with Crippen molar-refractivity contribution >= 4 is 24.0 Å². The number of amides is 4. The van der Waals surface area contributed by atoms with Crippen LogP contribution in [-0.4, -0.2) is 103 Å². The van der Waals surface area contributed by atoms with Crippen molar-refractivity contribution in [1.82, 2.24) is 50.1 Å². The van der Waals surface area contributed by atoms with Crippen LogP contribution in [0, 0.1) is 11.8 Å². The third-order valence-corrected chi connectivity index (χ3v) is 11.6. The predicted octanol–water partition coefficient (Wildman–Crippen LogP) is 6.62. The van der Waals surface area contributed by atoms with Crippen molar-refractivity contribution in [2.45, 2.75) is 77.5 Å². The van der Waals surface area contributed by atoms with E-state index in [9.17, 15) is 19.2 Å². The number of H-pyrrole nitrogens is 2. The number of hydrogen-bond acceptors (Lipinski definition) is 9. The standard InChI is InChI=1S/C44H54N10O6/c1-25(2)35(50-43(57)59-6)41(55)53-22-8-10-33(53)39-45-24-31(47-39)29-16-12-27(13-17-29)28-14-18-30(19-15-28)37-38(32-20-21-46-52(32)5)49-40(48-37)34-11-9-23-54(34)42(56)36(26(3)4)51-44(58)60-7/h12-21,24-26,33-36H,8-11,22-23H2,1-7H3,(H,45,47)(H,48,49)(H,50,57)(H,51,58)/t33-,34-,35+,36+/m0/s1. The Kier molecular flexibility index (Phi) is 12.4. The van der Waals surface area contributed by atoms with Gasteiger partial charge in [-0.05, 0) is 60.3 Å². The van der Waals surface area contributed by atoms with E-state index in [1.165, 1.54) is 14.2 Å². The molecule has 316 valence electrons. The van der Waals surface area contributed by atoms with Gasteiger partial charge in [-0.2, -0.15) is 5.10 Å². The Labute approximate surface area is 349 Å². The molecule has 16 nitrogen and oxygen atoms in total. The first-order chi connectivity index (χ1) is 28.9. The highest BCUT2D eigenvalue weighted by molar-refractivity contribution is 5.87. The number of carbonyl (C=O) groups excluding carboxylic acids is 4. The Morgan fingerprint density at radius 3 is 1.68 bits per heavy atom. The second-order valence-corrected chi connectivity index (χ2v) is 16.1. The molecule has 4 amide bonds. The largest absolute Gasteiger partial charge is 0.453 e. The molecule has 16 heteroatoms. The van der Waals surface area contributed by atoms with E-state index in [1.807, 2.05) is 57.8 Å². The maximum Gasteiger partial charge on any atom is 0.407 e. The fourth-order valence-corrected chi connectivity index (χ4v) is 8.26. The van der Waals surface area contributed by atoms with Crippen molar-refractivity contribution in [3.8, 4) is 45.0 Å². The van der Waals surface area contributed by atoms with Crippen molar-refractivity contribution in [3.05, 3.63) is 78.6 Å². The van der Waals surface area contributed by atoms with Crippen molar-refractivity contribution in [2.24, 2.45) is 18.9 Å². The van der Waals surface area contributed by atoms with Crippen LogP contribution in [0.3, 0.4) is 0 Å². The van der Waals surface area contributed by atoms with E-state index in [0.29, 0.717) is 24.7 Å². The SMILES string of the molecule is COC(=O)N[C@@H](C(=O)N1CCC[C@H]1c1ncc(-c2ccc(-c3ccc(-c4nc([C@@H]5CCCN5C(=O)[C@H](NC(=O)OC)C(C)C)[nH]c4-c4ccnn4C)cc3)cc2)[nH]1)C(C)C. The number of ether oxygens (including phenoxy) is 2. The minimum Gasteiger partial charge on any atom is -0.453 e. The molecule has 4 atom stereocenters. The topological polar surface area (TPSA) is 192 Å². The highest BCUT2D eigenvalue weighted by atomic mass is 16.5. The van der Waals surface area contributed by atoms with E-state index in [-0.39, 0.29) is 35.7 Å². The smallest absolute Gasteiger partial charge is 0.407 e. The maximum atomic E-state index is 13.9. The predicted molar refractivity (Wildman–Crippen MR) is 225 cm³/mol. The quantitative estimate of drug-likeness (QED) is 0.107. The molecule has 2 aromatic carbocycles. The number of aryl methyl sites for hydroxylation is 1. The lowest BCUT2D eigenvalue weighted by Crippen LogP contribution is -2.51. The van der Waals surface area contributed by atoms with E-state index in [2.05, 4.69) is 62.1 Å². The molecule has 2 aliphatic rings. The number of hydrogen-bond donors (Lipinski definition) is 4. The second-order valence-electron chi connectivity index (χ2n) is 16.1. The number of methoxy groups -OCH3 is 2. The number of nitrogens with one attached hydrogen (secondary N) is 4. The van der Waals surface area contributed by atoms with E-state index < -0.39 is 24.3 Å². The van der Waals surface area contributed by atoms with Crippen molar-refractivity contribution in [2.75, 3.05) is 27.3 Å². The van der Waals surface area contributed by atoms with Gasteiger partial charge in [0.05, 0.1) is 55.3 Å². The summed E-state index contributed by atoms with van der Waals surface area (Å²) in [5.41, 5.74) is 7.18. The molecule has 2 fully saturated rings. The molecule has 60 heavy (non-hydrogen) atoms. The molecule has 5 aromatic rings. The molecule has 2 aliphatic heterocycles. The Bertz CT molecular complexity index is 2310. The molecule has 0 radical (unpaired) electrons. The summed E-state index contributed by atoms with van der Waals surface area (Å²) in [4.78, 5) is 72.0. The van der Waals surface area contributed by atoms with Crippen molar-refractivity contribution in [1.29, 1.82) is 0 Å². The lowest BCUT2D eigenvalue weighted by atomic mass is 10.0. The number of likely N-dealkylation sites (tertiary alicyclic amines) is 2. The first kappa shape index (κ1) is 41.7. The Morgan fingerprint density at radius 1 is 0.700 bits per heavy atom. The van der Waals surface area contributed by atoms with Gasteiger partial charge in [-0.3, -0.25) is 14.3 Å². The third kappa shape index (κ3) is 8.49. The van der Waals surface area contributed by atoms with Gasteiger partial charge in [0.2, 0.25) is 11.8 Å². The van der Waals surface area contributed by atoms with Crippen LogP contribution in [0.4, 0.5) is 9.59 Å². The first-order valence-corrected chi connectivity index (χ1v) is 20.5. The van der Waals surface area contributed by atoms with Crippen LogP contribution in [0.1, 0.15) is 77.1 Å². The van der Waals surface area contributed by atoms with Crippen LogP contribution in [0.2, 0.25) is 0 Å². The second kappa shape index (κ2) is 17.8. The van der Waals surface area contributed by atoms with E-state index in [4.69, 9.17) is 19.4 Å². The number of aromatic nitrogens is 6. The van der Waals surface area contributed by atoms with Gasteiger partial charge in [0.1, 0.15) is 23.7 Å². The summed E-state index contributed by atoms with van der Waals surface area (Å²) in [5.74, 6) is 0.821. The summed E-state index contributed by atoms with van der Waals surface area (Å²) in [7, 11) is 4.46. The maximum absolute atomic E-state index is 13.9. The van der Waals surface area contributed by atoms with E-state index in [0.717, 1.165) is 70.7 Å². The fraction of sp³-hybridized carbons (Fsp3) is 0.432. The average molecular weight is 819 g/mol. The van der Waals surface area contributed by atoms with E-state index in [1.54, 1.807) is 22.0 Å². The number of carbonyl (C=O) groups is 4. The Morgan fingerprint density at radius 2 is 1.20 bits per heavy atom. The van der Waals surface area contributed by atoms with Gasteiger partial charge < -0.3 is 39.9 Å². The summed E-state index contributed by atoms with van der Waals surface area (Å²) < 4.78 is 11.4. The van der Waals surface area contributed by atoms with Crippen LogP contribution < -0.4 is 10.6 Å². The average Bonchev–Trinajstić information content (AvgIpc) is 4.11. The summed E-state index contributed by atoms with van der Waals surface area (Å²) in [6, 6.07) is 16.5. The molecule has 2 saturated heterocycles. The lowest BCUT2D eigenvalue weighted by Gasteiger charge is -2.30. The zero-order valence-corrected chi connectivity index (χ0v) is 35.2. The zero-order chi connectivity index (χ0) is 42.7. The monoisotopic (exact) mass is 818 g/mol. The van der Waals surface area contributed by atoms with Gasteiger partial charge in [-0.1, -0.05) is 76.2 Å². The summed E-state index contributed by atoms with van der Waals surface area (Å²) in [6.07, 6.45) is 5.42. The lowest BCUT2D eigenvalue weighted by molar-refractivity contribution is -0.136. The number of benzene rings is 2. The molecule has 0 spiro atoms. The van der Waals surface area contributed by atoms with Crippen LogP contribution >= 0.6 is 0 Å². The van der Waals surface area contributed by atoms with Gasteiger partial charge >= 0.3 is 12.2 Å². The molecule has 7 rings (SSSR count). The van der Waals surface area contributed by atoms with Crippen LogP contribution in [-0.2, 0) is 26.1 Å². The van der Waals surface area contributed by atoms with Gasteiger partial charge in [-0.15, -0.1) is 0 Å². The highest BCUT2D eigenvalue weighted by Gasteiger charge is 2.39. The van der Waals surface area contributed by atoms with Gasteiger partial charge in [0.25, 0.3) is 0 Å². The Balaban J connectivity index is 1.09. The van der Waals surface area contributed by atoms with Gasteiger partial charge in [0.15, 0.2) is 0 Å². The van der Waals surface area contributed by atoms with E-state index >= 15 is 0 Å². The first-order valence-electron chi connectivity index (χ1n) is 20.5. The summed E-state index contributed by atoms with van der Waals surface area (Å²) in [5, 5.41) is 9.83. The minimum absolute atomic E-state index is 0.114. The Hall–Kier alpha value is -6.45. The summed E-state index contributed by atoms with van der Waals surface area (Å²) in [6.45, 7) is 8.73. The van der Waals surface area contributed by atoms with Crippen molar-refractivity contribution < 1.29 is 28.7 Å². The molecule has 5 heterocycles. The number of rotatable bonds is 12. The molecule has 0 unspecified atom stereocenters. The number of aromatic amines is 2. The van der Waals surface area contributed by atoms with Crippen molar-refractivity contribution in [3.63, 3.8) is 0 Å². The van der Waals surface area contributed by atoms with Crippen LogP contribution in [0.15, 0.2) is 67.0 Å². The molecular weight excluding hydrogens is 765 g/mol. The molecule has 4 N–H and O–H groups in total. The van der Waals surface area contributed by atoms with Crippen LogP contribution in [0.25, 0.3) is 45.0 Å². The fourth-order valence-electron chi connectivity index (χ4n) is 8.26. The van der Waals surface area contributed by atoms with Crippen LogP contribution in [0.5, 0.6) is 0 Å². The number of nitrogens with zero attached hydrogens (tertiary/aromatic N) is 6. The zero-order valence-electron chi connectivity index (χ0n) is 35.2. The van der Waals surface area contributed by atoms with Gasteiger partial charge in [0, 0.05) is 31.9 Å². The molecule has 0 saturated carbocycles. The molecule has 0 aliphatic carbocycles. The minimum atomic E-state index is -0.732. The molecule has 3 aromatic heterocycles. The highest BCUT2D eigenvalue weighted by Crippen LogP contribution is 2.38.